The van der Waals surface area contributed by atoms with Gasteiger partial charge >= 0.3 is 11.9 Å². The van der Waals surface area contributed by atoms with E-state index in [4.69, 9.17) is 4.74 Å². The van der Waals surface area contributed by atoms with E-state index < -0.39 is 18.0 Å². The first kappa shape index (κ1) is 9.51. The molecular formula is C9H10O4. The van der Waals surface area contributed by atoms with Gasteiger partial charge in [-0.1, -0.05) is 19.2 Å². The van der Waals surface area contributed by atoms with Gasteiger partial charge in [0.15, 0.2) is 0 Å². The van der Waals surface area contributed by atoms with Crippen LogP contribution in [0.2, 0.25) is 0 Å². The predicted molar refractivity (Wildman–Crippen MR) is 44.8 cm³/mol. The SMILES string of the molecule is C=CC(=C)C(=O)OC1CCOC1=O. The molecule has 0 aromatic heterocycles. The lowest BCUT2D eigenvalue weighted by Gasteiger charge is -2.07. The maximum absolute atomic E-state index is 11.1. The lowest BCUT2D eigenvalue weighted by Crippen LogP contribution is -2.22. The summed E-state index contributed by atoms with van der Waals surface area (Å²) in [5.41, 5.74) is 0.139. The summed E-state index contributed by atoms with van der Waals surface area (Å²) in [4.78, 5) is 21.9. The van der Waals surface area contributed by atoms with E-state index in [0.29, 0.717) is 13.0 Å². The zero-order valence-electron chi connectivity index (χ0n) is 7.12. The molecule has 13 heavy (non-hydrogen) atoms. The van der Waals surface area contributed by atoms with Crippen LogP contribution in [0.3, 0.4) is 0 Å². The maximum Gasteiger partial charge on any atom is 0.347 e. The van der Waals surface area contributed by atoms with Crippen molar-refractivity contribution in [2.75, 3.05) is 6.61 Å². The third-order valence-electron chi connectivity index (χ3n) is 1.65. The molecule has 1 fully saturated rings. The molecule has 0 bridgehead atoms. The van der Waals surface area contributed by atoms with E-state index in [1.54, 1.807) is 0 Å². The van der Waals surface area contributed by atoms with Gasteiger partial charge in [0, 0.05) is 6.42 Å². The summed E-state index contributed by atoms with van der Waals surface area (Å²) in [6, 6.07) is 0. The van der Waals surface area contributed by atoms with Gasteiger partial charge < -0.3 is 9.47 Å². The Kier molecular flexibility index (Phi) is 2.84. The van der Waals surface area contributed by atoms with Crippen molar-refractivity contribution in [1.29, 1.82) is 0 Å². The first-order valence-corrected chi connectivity index (χ1v) is 3.84. The molecule has 4 nitrogen and oxygen atoms in total. The van der Waals surface area contributed by atoms with Crippen molar-refractivity contribution in [3.8, 4) is 0 Å². The van der Waals surface area contributed by atoms with Crippen molar-refractivity contribution in [2.45, 2.75) is 12.5 Å². The molecule has 1 heterocycles. The van der Waals surface area contributed by atoms with Gasteiger partial charge in [-0.15, -0.1) is 0 Å². The van der Waals surface area contributed by atoms with Crippen LogP contribution in [0.5, 0.6) is 0 Å². The van der Waals surface area contributed by atoms with Crippen LogP contribution >= 0.6 is 0 Å². The third kappa shape index (κ3) is 2.18. The average Bonchev–Trinajstić information content (AvgIpc) is 2.50. The summed E-state index contributed by atoms with van der Waals surface area (Å²) in [6.45, 7) is 7.06. The van der Waals surface area contributed by atoms with E-state index in [-0.39, 0.29) is 5.57 Å². The molecule has 1 saturated heterocycles. The molecule has 1 aliphatic rings. The highest BCUT2D eigenvalue weighted by atomic mass is 16.6. The van der Waals surface area contributed by atoms with Crippen LogP contribution in [-0.2, 0) is 19.1 Å². The molecule has 0 saturated carbocycles. The van der Waals surface area contributed by atoms with Gasteiger partial charge in [0.25, 0.3) is 0 Å². The predicted octanol–water partition coefficient (Wildman–Crippen LogP) is 0.587. The Morgan fingerprint density at radius 1 is 1.69 bits per heavy atom. The van der Waals surface area contributed by atoms with Gasteiger partial charge in [-0.05, 0) is 0 Å². The molecule has 1 atom stereocenters. The van der Waals surface area contributed by atoms with Crippen molar-refractivity contribution < 1.29 is 19.1 Å². The number of rotatable bonds is 3. The number of hydrogen-bond donors (Lipinski definition) is 0. The minimum absolute atomic E-state index is 0.139. The van der Waals surface area contributed by atoms with Crippen LogP contribution in [0, 0.1) is 0 Å². The quantitative estimate of drug-likeness (QED) is 0.364. The highest BCUT2D eigenvalue weighted by Crippen LogP contribution is 2.12. The van der Waals surface area contributed by atoms with Crippen LogP contribution < -0.4 is 0 Å². The molecule has 1 unspecified atom stereocenters. The normalized spacial score (nSPS) is 20.6. The van der Waals surface area contributed by atoms with E-state index in [2.05, 4.69) is 17.9 Å². The Morgan fingerprint density at radius 3 is 2.85 bits per heavy atom. The summed E-state index contributed by atoms with van der Waals surface area (Å²) < 4.78 is 9.40. The first-order valence-electron chi connectivity index (χ1n) is 3.84. The van der Waals surface area contributed by atoms with E-state index in [1.165, 1.54) is 6.08 Å². The Bertz CT molecular complexity index is 267. The standard InChI is InChI=1S/C9H10O4/c1-3-6(2)8(10)13-7-4-5-12-9(7)11/h3,7H,1-2,4-5H2. The Hall–Kier alpha value is -1.58. The topological polar surface area (TPSA) is 52.6 Å². The Labute approximate surface area is 75.8 Å². The largest absolute Gasteiger partial charge is 0.463 e. The van der Waals surface area contributed by atoms with E-state index in [0.717, 1.165) is 0 Å². The fourth-order valence-electron chi connectivity index (χ4n) is 0.873. The van der Waals surface area contributed by atoms with Crippen molar-refractivity contribution in [1.82, 2.24) is 0 Å². The minimum atomic E-state index is -0.774. The fraction of sp³-hybridized carbons (Fsp3) is 0.333. The number of esters is 2. The molecule has 1 aliphatic heterocycles. The molecule has 1 rings (SSSR count). The minimum Gasteiger partial charge on any atom is -0.463 e. The molecule has 0 N–H and O–H groups in total. The summed E-state index contributed by atoms with van der Waals surface area (Å²) in [5.74, 6) is -1.12. The number of cyclic esters (lactones) is 1. The second kappa shape index (κ2) is 3.89. The van der Waals surface area contributed by atoms with Gasteiger partial charge in [0.2, 0.25) is 6.10 Å². The molecule has 0 amide bonds. The van der Waals surface area contributed by atoms with Crippen molar-refractivity contribution in [2.24, 2.45) is 0 Å². The second-order valence-corrected chi connectivity index (χ2v) is 2.58. The molecular weight excluding hydrogens is 172 g/mol. The molecule has 70 valence electrons. The number of carbonyl (C=O) groups is 2. The van der Waals surface area contributed by atoms with Crippen LogP contribution in [-0.4, -0.2) is 24.6 Å². The highest BCUT2D eigenvalue weighted by Gasteiger charge is 2.30. The monoisotopic (exact) mass is 182 g/mol. The number of ether oxygens (including phenoxy) is 2. The van der Waals surface area contributed by atoms with Gasteiger partial charge in [-0.3, -0.25) is 0 Å². The molecule has 0 spiro atoms. The average molecular weight is 182 g/mol. The van der Waals surface area contributed by atoms with Crippen LogP contribution in [0.15, 0.2) is 24.8 Å². The van der Waals surface area contributed by atoms with E-state index in [9.17, 15) is 9.59 Å². The lowest BCUT2D eigenvalue weighted by atomic mass is 10.3. The Balaban J connectivity index is 2.48. The highest BCUT2D eigenvalue weighted by molar-refractivity contribution is 5.92. The van der Waals surface area contributed by atoms with Crippen LogP contribution in [0.25, 0.3) is 0 Å². The summed E-state index contributed by atoms with van der Waals surface area (Å²) in [5, 5.41) is 0. The van der Waals surface area contributed by atoms with Crippen molar-refractivity contribution in [3.05, 3.63) is 24.8 Å². The molecule has 0 aromatic rings. The molecule has 4 heteroatoms. The zero-order chi connectivity index (χ0) is 9.84. The Morgan fingerprint density at radius 2 is 2.38 bits per heavy atom. The summed E-state index contributed by atoms with van der Waals surface area (Å²) in [6.07, 6.45) is 0.918. The molecule has 0 aliphatic carbocycles. The number of carbonyl (C=O) groups excluding carboxylic acids is 2. The van der Waals surface area contributed by atoms with Crippen molar-refractivity contribution in [3.63, 3.8) is 0 Å². The third-order valence-corrected chi connectivity index (χ3v) is 1.65. The number of hydrogen-bond acceptors (Lipinski definition) is 4. The van der Waals surface area contributed by atoms with Gasteiger partial charge in [-0.2, -0.15) is 0 Å². The smallest absolute Gasteiger partial charge is 0.347 e. The second-order valence-electron chi connectivity index (χ2n) is 2.58. The van der Waals surface area contributed by atoms with Gasteiger partial charge in [-0.25, -0.2) is 9.59 Å². The molecule has 0 radical (unpaired) electrons. The van der Waals surface area contributed by atoms with Crippen LogP contribution in [0.1, 0.15) is 6.42 Å². The van der Waals surface area contributed by atoms with Gasteiger partial charge in [0.05, 0.1) is 12.2 Å². The van der Waals surface area contributed by atoms with Gasteiger partial charge in [0.1, 0.15) is 0 Å². The van der Waals surface area contributed by atoms with Crippen LogP contribution in [0.4, 0.5) is 0 Å². The zero-order valence-corrected chi connectivity index (χ0v) is 7.12. The van der Waals surface area contributed by atoms with E-state index >= 15 is 0 Å². The van der Waals surface area contributed by atoms with E-state index in [1.807, 2.05) is 0 Å². The van der Waals surface area contributed by atoms with Crippen molar-refractivity contribution >= 4 is 11.9 Å². The maximum atomic E-state index is 11.1. The summed E-state index contributed by atoms with van der Waals surface area (Å²) in [7, 11) is 0. The fourth-order valence-corrected chi connectivity index (χ4v) is 0.873. The summed E-state index contributed by atoms with van der Waals surface area (Å²) >= 11 is 0. The lowest BCUT2D eigenvalue weighted by molar-refractivity contribution is -0.157. The first-order chi connectivity index (χ1) is 6.15. The molecule has 0 aromatic carbocycles.